The molecule has 158 valence electrons. The summed E-state index contributed by atoms with van der Waals surface area (Å²) in [6, 6.07) is 18.8. The third kappa shape index (κ3) is 4.11. The number of aromatic nitrogens is 2. The van der Waals surface area contributed by atoms with Gasteiger partial charge in [-0.25, -0.2) is 18.1 Å². The van der Waals surface area contributed by atoms with E-state index < -0.39 is 10.0 Å². The number of hydrogen-bond acceptors (Lipinski definition) is 4. The van der Waals surface area contributed by atoms with Crippen LogP contribution >= 0.6 is 15.9 Å². The topological polar surface area (TPSA) is 78.1 Å². The fourth-order valence-electron chi connectivity index (χ4n) is 4.24. The van der Waals surface area contributed by atoms with Gasteiger partial charge >= 0.3 is 0 Å². The minimum atomic E-state index is -3.69. The number of rotatable bonds is 5. The van der Waals surface area contributed by atoms with Crippen LogP contribution in [0.25, 0.3) is 10.8 Å². The number of nitrogens with one attached hydrogen (secondary N) is 2. The number of H-pyrrole nitrogens is 1. The van der Waals surface area contributed by atoms with E-state index in [1.165, 1.54) is 0 Å². The van der Waals surface area contributed by atoms with Crippen LogP contribution in [0.3, 0.4) is 0 Å². The molecule has 0 radical (unpaired) electrons. The summed E-state index contributed by atoms with van der Waals surface area (Å²) in [4.78, 5) is 9.74. The summed E-state index contributed by atoms with van der Waals surface area (Å²) in [5.41, 5.74) is 3.19. The van der Waals surface area contributed by atoms with Gasteiger partial charge in [0.2, 0.25) is 10.0 Å². The Hall–Kier alpha value is -2.68. The van der Waals surface area contributed by atoms with Crippen molar-refractivity contribution < 1.29 is 8.42 Å². The molecule has 0 saturated heterocycles. The van der Waals surface area contributed by atoms with E-state index in [1.54, 1.807) is 24.7 Å². The third-order valence-corrected chi connectivity index (χ3v) is 7.64. The maximum atomic E-state index is 13.4. The lowest BCUT2D eigenvalue weighted by molar-refractivity contribution is 0.524. The Labute approximate surface area is 189 Å². The quantitative estimate of drug-likeness (QED) is 0.433. The Bertz CT molecular complexity index is 1330. The second-order valence-corrected chi connectivity index (χ2v) is 10.3. The van der Waals surface area contributed by atoms with Gasteiger partial charge in [-0.2, -0.15) is 0 Å². The van der Waals surface area contributed by atoms with Crippen LogP contribution in [0.15, 0.2) is 82.6 Å². The van der Waals surface area contributed by atoms with E-state index >= 15 is 0 Å². The predicted octanol–water partition coefficient (Wildman–Crippen LogP) is 4.24. The summed E-state index contributed by atoms with van der Waals surface area (Å²) in [5, 5.41) is 1.63. The van der Waals surface area contributed by atoms with Gasteiger partial charge in [0.1, 0.15) is 0 Å². The molecule has 0 amide bonds. The highest BCUT2D eigenvalue weighted by molar-refractivity contribution is 9.10. The number of halogens is 1. The SMILES string of the molecule is O=S(=O)(NC1Cc2cc(Br)ccc2N(Cc2cnc[nH]2)C1)c1cccc2ccccc12. The Morgan fingerprint density at radius 2 is 1.97 bits per heavy atom. The Morgan fingerprint density at radius 1 is 1.13 bits per heavy atom. The number of nitrogens with zero attached hydrogens (tertiary/aromatic N) is 2. The van der Waals surface area contributed by atoms with Crippen LogP contribution in [-0.2, 0) is 23.0 Å². The van der Waals surface area contributed by atoms with Gasteiger partial charge in [0, 0.05) is 34.3 Å². The van der Waals surface area contributed by atoms with Crippen molar-refractivity contribution in [3.8, 4) is 0 Å². The zero-order chi connectivity index (χ0) is 21.4. The molecule has 0 bridgehead atoms. The molecule has 1 unspecified atom stereocenters. The van der Waals surface area contributed by atoms with Crippen LogP contribution < -0.4 is 9.62 Å². The number of benzene rings is 3. The molecule has 1 aromatic heterocycles. The van der Waals surface area contributed by atoms with Crippen molar-refractivity contribution in [1.82, 2.24) is 14.7 Å². The molecule has 1 aliphatic heterocycles. The first-order chi connectivity index (χ1) is 15.0. The molecule has 2 N–H and O–H groups in total. The monoisotopic (exact) mass is 496 g/mol. The van der Waals surface area contributed by atoms with Gasteiger partial charge < -0.3 is 9.88 Å². The standard InChI is InChI=1S/C23H21BrN4O2S/c24-18-8-9-22-17(10-18)11-19(13-28(22)14-20-12-25-15-26-20)27-31(29,30)23-7-3-5-16-4-1-2-6-21(16)23/h1-10,12,15,19,27H,11,13-14H2,(H,25,26). The number of fused-ring (bicyclic) bond motifs is 2. The van der Waals surface area contributed by atoms with Crippen molar-refractivity contribution >= 4 is 42.4 Å². The van der Waals surface area contributed by atoms with Gasteiger partial charge in [-0.1, -0.05) is 52.3 Å². The van der Waals surface area contributed by atoms with Crippen molar-refractivity contribution in [1.29, 1.82) is 0 Å². The van der Waals surface area contributed by atoms with Crippen LogP contribution in [0, 0.1) is 0 Å². The van der Waals surface area contributed by atoms with Crippen molar-refractivity contribution in [2.45, 2.75) is 23.9 Å². The highest BCUT2D eigenvalue weighted by Crippen LogP contribution is 2.32. The first kappa shape index (κ1) is 20.2. The fourth-order valence-corrected chi connectivity index (χ4v) is 6.10. The van der Waals surface area contributed by atoms with E-state index in [0.29, 0.717) is 24.4 Å². The van der Waals surface area contributed by atoms with Gasteiger partial charge in [0.05, 0.1) is 23.5 Å². The molecule has 4 aromatic rings. The lowest BCUT2D eigenvalue weighted by atomic mass is 9.98. The van der Waals surface area contributed by atoms with E-state index in [2.05, 4.69) is 47.7 Å². The van der Waals surface area contributed by atoms with Crippen LogP contribution in [0.5, 0.6) is 0 Å². The molecule has 6 nitrogen and oxygen atoms in total. The average Bonchev–Trinajstić information content (AvgIpc) is 3.26. The summed E-state index contributed by atoms with van der Waals surface area (Å²) < 4.78 is 30.7. The van der Waals surface area contributed by atoms with Gasteiger partial charge in [-0.05, 0) is 41.6 Å². The molecule has 31 heavy (non-hydrogen) atoms. The highest BCUT2D eigenvalue weighted by Gasteiger charge is 2.29. The Morgan fingerprint density at radius 3 is 2.81 bits per heavy atom. The van der Waals surface area contributed by atoms with Crippen LogP contribution in [0.2, 0.25) is 0 Å². The zero-order valence-corrected chi connectivity index (χ0v) is 19.0. The first-order valence-corrected chi connectivity index (χ1v) is 12.3. The maximum absolute atomic E-state index is 13.4. The predicted molar refractivity (Wildman–Crippen MR) is 126 cm³/mol. The van der Waals surface area contributed by atoms with Gasteiger partial charge in [0.15, 0.2) is 0 Å². The van der Waals surface area contributed by atoms with Gasteiger partial charge in [-0.3, -0.25) is 0 Å². The molecule has 8 heteroatoms. The van der Waals surface area contributed by atoms with Crippen LogP contribution in [-0.4, -0.2) is 31.0 Å². The van der Waals surface area contributed by atoms with E-state index in [0.717, 1.165) is 32.2 Å². The van der Waals surface area contributed by atoms with E-state index in [9.17, 15) is 8.42 Å². The molecule has 0 fully saturated rings. The summed E-state index contributed by atoms with van der Waals surface area (Å²) in [6.45, 7) is 1.19. The second-order valence-electron chi connectivity index (χ2n) is 7.73. The first-order valence-electron chi connectivity index (χ1n) is 10.0. The molecular formula is C23H21BrN4O2S. The molecule has 5 rings (SSSR count). The lowest BCUT2D eigenvalue weighted by Crippen LogP contribution is -2.48. The smallest absolute Gasteiger partial charge is 0.241 e. The minimum absolute atomic E-state index is 0.256. The van der Waals surface area contributed by atoms with Gasteiger partial charge in [0.25, 0.3) is 0 Å². The fraction of sp³-hybridized carbons (Fsp3) is 0.174. The Balaban J connectivity index is 1.47. The highest BCUT2D eigenvalue weighted by atomic mass is 79.9. The van der Waals surface area contributed by atoms with Gasteiger partial charge in [-0.15, -0.1) is 0 Å². The molecular weight excluding hydrogens is 476 g/mol. The normalized spacial score (nSPS) is 16.4. The largest absolute Gasteiger partial charge is 0.364 e. The van der Waals surface area contributed by atoms with Crippen molar-refractivity contribution in [2.75, 3.05) is 11.4 Å². The number of sulfonamides is 1. The number of hydrogen-bond donors (Lipinski definition) is 2. The summed E-state index contributed by atoms with van der Waals surface area (Å²) >= 11 is 3.54. The molecule has 2 heterocycles. The molecule has 3 aromatic carbocycles. The van der Waals surface area contributed by atoms with Crippen LogP contribution in [0.1, 0.15) is 11.3 Å². The third-order valence-electron chi connectivity index (χ3n) is 5.57. The van der Waals surface area contributed by atoms with Crippen LogP contribution in [0.4, 0.5) is 5.69 Å². The molecule has 1 aliphatic rings. The van der Waals surface area contributed by atoms with Crippen molar-refractivity contribution in [3.05, 3.63) is 88.9 Å². The minimum Gasteiger partial charge on any atom is -0.364 e. The second kappa shape index (κ2) is 8.11. The number of anilines is 1. The lowest BCUT2D eigenvalue weighted by Gasteiger charge is -2.36. The van der Waals surface area contributed by atoms with E-state index in [4.69, 9.17) is 0 Å². The summed E-state index contributed by atoms with van der Waals surface area (Å²) in [6.07, 6.45) is 4.07. The Kier molecular flexibility index (Phi) is 5.29. The van der Waals surface area contributed by atoms with E-state index in [1.807, 2.05) is 36.4 Å². The molecule has 0 spiro atoms. The van der Waals surface area contributed by atoms with Crippen molar-refractivity contribution in [2.24, 2.45) is 0 Å². The molecule has 0 aliphatic carbocycles. The molecule has 1 atom stereocenters. The van der Waals surface area contributed by atoms with E-state index in [-0.39, 0.29) is 6.04 Å². The maximum Gasteiger partial charge on any atom is 0.241 e. The zero-order valence-electron chi connectivity index (χ0n) is 16.6. The number of imidazole rings is 1. The average molecular weight is 497 g/mol. The molecule has 0 saturated carbocycles. The number of aromatic amines is 1. The summed E-state index contributed by atoms with van der Waals surface area (Å²) in [5.74, 6) is 0. The summed E-state index contributed by atoms with van der Waals surface area (Å²) in [7, 11) is -3.69. The van der Waals surface area contributed by atoms with Crippen molar-refractivity contribution in [3.63, 3.8) is 0 Å².